The van der Waals surface area contributed by atoms with Crippen molar-refractivity contribution in [2.75, 3.05) is 26.2 Å². The van der Waals surface area contributed by atoms with Crippen LogP contribution in [0, 0.1) is 29.1 Å². The van der Waals surface area contributed by atoms with E-state index in [4.69, 9.17) is 5.26 Å². The van der Waals surface area contributed by atoms with Gasteiger partial charge in [0.15, 0.2) is 0 Å². The number of benzene rings is 1. The highest BCUT2D eigenvalue weighted by Gasteiger charge is 2.41. The van der Waals surface area contributed by atoms with Gasteiger partial charge in [-0.3, -0.25) is 9.69 Å². The molecule has 4 fully saturated rings. The molecule has 1 saturated heterocycles. The minimum atomic E-state index is 0.299. The minimum Gasteiger partial charge on any atom is -0.340 e. The number of imidazole rings is 1. The lowest BCUT2D eigenvalue weighted by molar-refractivity contribution is -0.143. The molecule has 0 radical (unpaired) electrons. The summed E-state index contributed by atoms with van der Waals surface area (Å²) in [4.78, 5) is 22.1. The molecule has 6 nitrogen and oxygen atoms in total. The molecule has 0 N–H and O–H groups in total. The Balaban J connectivity index is 1.15. The highest BCUT2D eigenvalue weighted by molar-refractivity contribution is 5.79. The molecule has 1 aromatic carbocycles. The van der Waals surface area contributed by atoms with Gasteiger partial charge in [-0.25, -0.2) is 4.98 Å². The molecule has 0 spiro atoms. The maximum atomic E-state index is 13.1. The molecule has 4 aliphatic rings. The minimum absolute atomic E-state index is 0.299. The van der Waals surface area contributed by atoms with Crippen LogP contribution in [-0.4, -0.2) is 51.4 Å². The monoisotopic (exact) mass is 417 g/mol. The standard InChI is InChI=1S/C25H31N5O/c26-14-20-1-3-21(4-2-20)16-30-18-27-15-23(30)17-28-9-11-29(12-10-28)25(31)24-13-19-5-7-22(24)8-6-19/h1-4,15,18-19,22,24H,5-13,16-17H2. The molecule has 1 atom stereocenters. The summed E-state index contributed by atoms with van der Waals surface area (Å²) in [6.07, 6.45) is 10.2. The van der Waals surface area contributed by atoms with Gasteiger partial charge in [-0.05, 0) is 48.8 Å². The van der Waals surface area contributed by atoms with Crippen LogP contribution in [0.2, 0.25) is 0 Å². The second kappa shape index (κ2) is 8.84. The van der Waals surface area contributed by atoms with E-state index in [-0.39, 0.29) is 0 Å². The molecule has 6 heteroatoms. The van der Waals surface area contributed by atoms with Gasteiger partial charge in [-0.15, -0.1) is 0 Å². The van der Waals surface area contributed by atoms with Crippen LogP contribution >= 0.6 is 0 Å². The number of amides is 1. The Hall–Kier alpha value is -2.65. The lowest BCUT2D eigenvalue weighted by Crippen LogP contribution is -2.52. The van der Waals surface area contributed by atoms with Crippen molar-refractivity contribution < 1.29 is 4.79 Å². The van der Waals surface area contributed by atoms with Crippen molar-refractivity contribution in [1.29, 1.82) is 5.26 Å². The van der Waals surface area contributed by atoms with E-state index in [2.05, 4.69) is 25.4 Å². The van der Waals surface area contributed by atoms with Crippen LogP contribution in [0.4, 0.5) is 0 Å². The number of piperazine rings is 1. The zero-order chi connectivity index (χ0) is 21.2. The van der Waals surface area contributed by atoms with E-state index in [0.29, 0.717) is 23.3 Å². The molecule has 31 heavy (non-hydrogen) atoms. The predicted octanol–water partition coefficient (Wildman–Crippen LogP) is 3.27. The number of nitriles is 1. The van der Waals surface area contributed by atoms with Crippen molar-refractivity contribution in [1.82, 2.24) is 19.4 Å². The Labute approximate surface area is 184 Å². The molecular formula is C25H31N5O. The number of carbonyl (C=O) groups is 1. The molecule has 1 amide bonds. The summed E-state index contributed by atoms with van der Waals surface area (Å²) < 4.78 is 2.18. The van der Waals surface area contributed by atoms with E-state index in [0.717, 1.165) is 57.2 Å². The number of carbonyl (C=O) groups excluding carboxylic acids is 1. The first-order valence-corrected chi connectivity index (χ1v) is 11.7. The summed E-state index contributed by atoms with van der Waals surface area (Å²) in [5, 5.41) is 8.97. The van der Waals surface area contributed by atoms with Crippen molar-refractivity contribution in [2.24, 2.45) is 17.8 Å². The molecule has 3 aliphatic carbocycles. The van der Waals surface area contributed by atoms with E-state index >= 15 is 0 Å². The first-order valence-electron chi connectivity index (χ1n) is 11.7. The summed E-state index contributed by atoms with van der Waals surface area (Å²) in [6.45, 7) is 5.15. The average molecular weight is 418 g/mol. The first kappa shape index (κ1) is 20.3. The summed E-state index contributed by atoms with van der Waals surface area (Å²) >= 11 is 0. The maximum absolute atomic E-state index is 13.1. The second-order valence-electron chi connectivity index (χ2n) is 9.55. The zero-order valence-electron chi connectivity index (χ0n) is 18.1. The predicted molar refractivity (Wildman–Crippen MR) is 118 cm³/mol. The van der Waals surface area contributed by atoms with Gasteiger partial charge in [0.05, 0.1) is 23.7 Å². The average Bonchev–Trinajstić information content (AvgIpc) is 3.26. The molecule has 2 heterocycles. The van der Waals surface area contributed by atoms with E-state index < -0.39 is 0 Å². The van der Waals surface area contributed by atoms with Crippen molar-refractivity contribution >= 4 is 5.91 Å². The topological polar surface area (TPSA) is 65.2 Å². The highest BCUT2D eigenvalue weighted by Crippen LogP contribution is 2.45. The number of fused-ring (bicyclic) bond motifs is 3. The van der Waals surface area contributed by atoms with Crippen molar-refractivity contribution in [3.63, 3.8) is 0 Å². The highest BCUT2D eigenvalue weighted by atomic mass is 16.2. The molecule has 6 rings (SSSR count). The Morgan fingerprint density at radius 2 is 1.77 bits per heavy atom. The normalized spacial score (nSPS) is 26.0. The SMILES string of the molecule is N#Cc1ccc(Cn2cncc2CN2CCN(C(=O)C3CC4CCC3CC4)CC2)cc1. The van der Waals surface area contributed by atoms with E-state index in [1.807, 2.05) is 36.8 Å². The van der Waals surface area contributed by atoms with Crippen molar-refractivity contribution in [3.05, 3.63) is 53.6 Å². The van der Waals surface area contributed by atoms with Gasteiger partial charge >= 0.3 is 0 Å². The van der Waals surface area contributed by atoms with Gasteiger partial charge in [-0.1, -0.05) is 25.0 Å². The Morgan fingerprint density at radius 3 is 2.42 bits per heavy atom. The fourth-order valence-corrected chi connectivity index (χ4v) is 5.77. The van der Waals surface area contributed by atoms with Gasteiger partial charge in [0.1, 0.15) is 0 Å². The Bertz CT molecular complexity index is 943. The summed E-state index contributed by atoms with van der Waals surface area (Å²) in [5.74, 6) is 2.18. The van der Waals surface area contributed by atoms with Gasteiger partial charge in [-0.2, -0.15) is 5.26 Å². The van der Waals surface area contributed by atoms with Crippen LogP contribution in [0.3, 0.4) is 0 Å². The molecule has 3 saturated carbocycles. The Kier molecular flexibility index (Phi) is 5.78. The molecule has 1 unspecified atom stereocenters. The molecule has 1 aromatic heterocycles. The first-order chi connectivity index (χ1) is 15.2. The van der Waals surface area contributed by atoms with Crippen molar-refractivity contribution in [3.8, 4) is 6.07 Å². The molecule has 162 valence electrons. The van der Waals surface area contributed by atoms with E-state index in [1.54, 1.807) is 0 Å². The largest absolute Gasteiger partial charge is 0.340 e. The zero-order valence-corrected chi connectivity index (χ0v) is 18.1. The summed E-state index contributed by atoms with van der Waals surface area (Å²) in [5.41, 5.74) is 3.03. The summed E-state index contributed by atoms with van der Waals surface area (Å²) in [6, 6.07) is 9.90. The van der Waals surface area contributed by atoms with Crippen LogP contribution in [-0.2, 0) is 17.9 Å². The molecular weight excluding hydrogens is 386 g/mol. The maximum Gasteiger partial charge on any atom is 0.226 e. The van der Waals surface area contributed by atoms with Crippen LogP contribution in [0.1, 0.15) is 48.9 Å². The third kappa shape index (κ3) is 4.38. The van der Waals surface area contributed by atoms with Crippen LogP contribution < -0.4 is 0 Å². The van der Waals surface area contributed by atoms with Crippen LogP contribution in [0.5, 0.6) is 0 Å². The molecule has 2 aromatic rings. The van der Waals surface area contributed by atoms with Crippen LogP contribution in [0.25, 0.3) is 0 Å². The number of nitrogens with zero attached hydrogens (tertiary/aromatic N) is 5. The number of aromatic nitrogens is 2. The van der Waals surface area contributed by atoms with Gasteiger partial charge < -0.3 is 9.47 Å². The van der Waals surface area contributed by atoms with E-state index in [9.17, 15) is 4.79 Å². The van der Waals surface area contributed by atoms with E-state index in [1.165, 1.54) is 31.4 Å². The fraction of sp³-hybridized carbons (Fsp3) is 0.560. The van der Waals surface area contributed by atoms with Gasteiger partial charge in [0.25, 0.3) is 0 Å². The van der Waals surface area contributed by atoms with Crippen LogP contribution in [0.15, 0.2) is 36.8 Å². The van der Waals surface area contributed by atoms with Gasteiger partial charge in [0.2, 0.25) is 5.91 Å². The number of hydrogen-bond donors (Lipinski definition) is 0. The van der Waals surface area contributed by atoms with Crippen molar-refractivity contribution in [2.45, 2.75) is 45.2 Å². The number of rotatable bonds is 5. The fourth-order valence-electron chi connectivity index (χ4n) is 5.77. The molecule has 2 bridgehead atoms. The lowest BCUT2D eigenvalue weighted by atomic mass is 9.64. The third-order valence-electron chi connectivity index (χ3n) is 7.67. The third-order valence-corrected chi connectivity index (χ3v) is 7.67. The van der Waals surface area contributed by atoms with Gasteiger partial charge in [0, 0.05) is 51.4 Å². The quantitative estimate of drug-likeness (QED) is 0.749. The Morgan fingerprint density at radius 1 is 1.03 bits per heavy atom. The lowest BCUT2D eigenvalue weighted by Gasteiger charge is -2.44. The second-order valence-corrected chi connectivity index (χ2v) is 9.55. The number of hydrogen-bond acceptors (Lipinski definition) is 4. The smallest absolute Gasteiger partial charge is 0.226 e. The molecule has 1 aliphatic heterocycles. The summed E-state index contributed by atoms with van der Waals surface area (Å²) in [7, 11) is 0.